The summed E-state index contributed by atoms with van der Waals surface area (Å²) in [6.45, 7) is 4.49. The van der Waals surface area contributed by atoms with Crippen molar-refractivity contribution in [3.63, 3.8) is 0 Å². The predicted molar refractivity (Wildman–Crippen MR) is 237 cm³/mol. The van der Waals surface area contributed by atoms with Crippen molar-refractivity contribution in [2.75, 3.05) is 0 Å². The van der Waals surface area contributed by atoms with E-state index >= 15 is 0 Å². The van der Waals surface area contributed by atoms with Gasteiger partial charge in [0.15, 0.2) is 0 Å². The van der Waals surface area contributed by atoms with Crippen molar-refractivity contribution in [3.05, 3.63) is 149 Å². The first kappa shape index (κ1) is 43.4. The minimum absolute atomic E-state index is 0.377. The van der Waals surface area contributed by atoms with Crippen LogP contribution in [0.15, 0.2) is 137 Å². The van der Waals surface area contributed by atoms with Crippen LogP contribution in [-0.2, 0) is 12.8 Å². The van der Waals surface area contributed by atoms with E-state index in [4.69, 9.17) is 9.47 Å². The molecule has 0 fully saturated rings. The molecule has 0 N–H and O–H groups in total. The molecule has 58 heavy (non-hydrogen) atoms. The number of unbranched alkanes of at least 4 members (excludes halogenated alkanes) is 12. The van der Waals surface area contributed by atoms with Gasteiger partial charge in [0.05, 0.1) is 28.2 Å². The molecular weight excluding hydrogens is 719 g/mol. The number of benzene rings is 5. The maximum atomic E-state index is 13.0. The van der Waals surface area contributed by atoms with Crippen LogP contribution in [0, 0.1) is 0 Å². The van der Waals surface area contributed by atoms with E-state index in [0.717, 1.165) is 24.1 Å². The van der Waals surface area contributed by atoms with Crippen molar-refractivity contribution in [1.82, 2.24) is 0 Å². The zero-order valence-electron chi connectivity index (χ0n) is 34.4. The molecule has 0 bridgehead atoms. The summed E-state index contributed by atoms with van der Waals surface area (Å²) < 4.78 is 11.2. The fraction of sp³-hybridized carbons (Fsp3) is 0.353. The van der Waals surface area contributed by atoms with E-state index in [-0.39, 0.29) is 0 Å². The van der Waals surface area contributed by atoms with Crippen LogP contribution < -0.4 is 9.47 Å². The van der Waals surface area contributed by atoms with Gasteiger partial charge >= 0.3 is 11.9 Å². The molecule has 0 atom stereocenters. The van der Waals surface area contributed by atoms with Crippen LogP contribution in [0.3, 0.4) is 0 Å². The normalized spacial score (nSPS) is 11.3. The van der Waals surface area contributed by atoms with Crippen molar-refractivity contribution in [3.8, 4) is 11.5 Å². The van der Waals surface area contributed by atoms with Crippen molar-refractivity contribution in [2.45, 2.75) is 117 Å². The number of azo groups is 1. The van der Waals surface area contributed by atoms with Gasteiger partial charge in [-0.05, 0) is 133 Å². The lowest BCUT2D eigenvalue weighted by Crippen LogP contribution is -2.08. The van der Waals surface area contributed by atoms with Crippen LogP contribution in [0.4, 0.5) is 17.1 Å². The molecule has 0 amide bonds. The lowest BCUT2D eigenvalue weighted by molar-refractivity contribution is 0.0725. The summed E-state index contributed by atoms with van der Waals surface area (Å²) in [6.07, 6.45) is 22.0. The average Bonchev–Trinajstić information content (AvgIpc) is 3.26. The molecule has 5 rings (SSSR count). The van der Waals surface area contributed by atoms with Gasteiger partial charge in [0.2, 0.25) is 0 Å². The highest BCUT2D eigenvalue weighted by Gasteiger charge is 2.11. The number of hydrogen-bond acceptors (Lipinski definition) is 7. The van der Waals surface area contributed by atoms with Gasteiger partial charge in [0.25, 0.3) is 0 Å². The molecular formula is C51H59N3O4. The van der Waals surface area contributed by atoms with Gasteiger partial charge in [-0.1, -0.05) is 121 Å². The van der Waals surface area contributed by atoms with E-state index in [1.54, 1.807) is 60.8 Å². The molecule has 0 aliphatic carbocycles. The minimum atomic E-state index is -0.489. The Kier molecular flexibility index (Phi) is 18.6. The molecule has 0 unspecified atom stereocenters. The summed E-state index contributed by atoms with van der Waals surface area (Å²) in [5.41, 5.74) is 6.34. The van der Waals surface area contributed by atoms with Gasteiger partial charge in [-0.25, -0.2) is 9.59 Å². The summed E-state index contributed by atoms with van der Waals surface area (Å²) in [5.74, 6) is -0.0203. The van der Waals surface area contributed by atoms with Crippen LogP contribution in [0.5, 0.6) is 11.5 Å². The topological polar surface area (TPSA) is 89.7 Å². The van der Waals surface area contributed by atoms with E-state index in [1.807, 2.05) is 54.6 Å². The molecule has 0 aliphatic heterocycles. The maximum Gasteiger partial charge on any atom is 0.343 e. The molecule has 0 aliphatic rings. The Bertz CT molecular complexity index is 2020. The first-order valence-electron chi connectivity index (χ1n) is 21.4. The highest BCUT2D eigenvalue weighted by atomic mass is 16.5. The fourth-order valence-electron chi connectivity index (χ4n) is 6.62. The van der Waals surface area contributed by atoms with E-state index in [9.17, 15) is 9.59 Å². The lowest BCUT2D eigenvalue weighted by Gasteiger charge is -2.06. The summed E-state index contributed by atoms with van der Waals surface area (Å²) in [5, 5.41) is 8.73. The molecule has 5 aromatic rings. The summed E-state index contributed by atoms with van der Waals surface area (Å²) >= 11 is 0. The Balaban J connectivity index is 1.03. The number of rotatable bonds is 24. The van der Waals surface area contributed by atoms with E-state index in [2.05, 4.69) is 41.2 Å². The Hall–Kier alpha value is -5.69. The summed E-state index contributed by atoms with van der Waals surface area (Å²) in [7, 11) is 0. The molecule has 302 valence electrons. The van der Waals surface area contributed by atoms with E-state index < -0.39 is 11.9 Å². The minimum Gasteiger partial charge on any atom is -0.423 e. The number of carbonyl (C=O) groups excluding carboxylic acids is 2. The zero-order chi connectivity index (χ0) is 40.6. The van der Waals surface area contributed by atoms with Crippen LogP contribution in [0.25, 0.3) is 0 Å². The third kappa shape index (κ3) is 15.7. The molecule has 0 saturated heterocycles. The quantitative estimate of drug-likeness (QED) is 0.0205. The number of nitrogens with zero attached hydrogens (tertiary/aromatic N) is 3. The van der Waals surface area contributed by atoms with E-state index in [1.165, 1.54) is 101 Å². The number of hydrogen-bond donors (Lipinski definition) is 0. The average molecular weight is 778 g/mol. The molecule has 0 heterocycles. The van der Waals surface area contributed by atoms with Gasteiger partial charge in [-0.3, -0.25) is 4.99 Å². The Morgan fingerprint density at radius 3 is 1.45 bits per heavy atom. The first-order valence-corrected chi connectivity index (χ1v) is 21.4. The Morgan fingerprint density at radius 1 is 0.466 bits per heavy atom. The first-order chi connectivity index (χ1) is 28.5. The highest BCUT2D eigenvalue weighted by molar-refractivity contribution is 5.93. The Morgan fingerprint density at radius 2 is 0.914 bits per heavy atom. The second-order valence-electron chi connectivity index (χ2n) is 15.0. The van der Waals surface area contributed by atoms with Crippen LogP contribution in [-0.4, -0.2) is 18.2 Å². The number of carbonyl (C=O) groups is 2. The van der Waals surface area contributed by atoms with Gasteiger partial charge in [0, 0.05) is 6.21 Å². The van der Waals surface area contributed by atoms with Gasteiger partial charge in [-0.2, -0.15) is 10.2 Å². The smallest absolute Gasteiger partial charge is 0.343 e. The molecule has 7 nitrogen and oxygen atoms in total. The third-order valence-electron chi connectivity index (χ3n) is 10.1. The lowest BCUT2D eigenvalue weighted by atomic mass is 10.0. The molecule has 0 spiro atoms. The monoisotopic (exact) mass is 777 g/mol. The zero-order valence-corrected chi connectivity index (χ0v) is 34.4. The van der Waals surface area contributed by atoms with Crippen molar-refractivity contribution in [1.29, 1.82) is 0 Å². The van der Waals surface area contributed by atoms with Crippen molar-refractivity contribution >= 4 is 35.2 Å². The largest absolute Gasteiger partial charge is 0.423 e. The number of ether oxygens (including phenoxy) is 2. The van der Waals surface area contributed by atoms with Crippen LogP contribution in [0.1, 0.15) is 141 Å². The second-order valence-corrected chi connectivity index (χ2v) is 15.0. The number of esters is 2. The molecule has 0 saturated carbocycles. The van der Waals surface area contributed by atoms with Crippen LogP contribution in [0.2, 0.25) is 0 Å². The molecule has 0 radical (unpaired) electrons. The van der Waals surface area contributed by atoms with Gasteiger partial charge in [0.1, 0.15) is 11.5 Å². The number of aliphatic imine (C=N–C) groups is 1. The van der Waals surface area contributed by atoms with E-state index in [0.29, 0.717) is 34.0 Å². The van der Waals surface area contributed by atoms with Gasteiger partial charge in [-0.15, -0.1) is 0 Å². The predicted octanol–water partition coefficient (Wildman–Crippen LogP) is 14.9. The third-order valence-corrected chi connectivity index (χ3v) is 10.1. The molecule has 0 aromatic heterocycles. The molecule has 7 heteroatoms. The maximum absolute atomic E-state index is 13.0. The standard InChI is InChI=1S/C51H59N3O4/c1-3-5-7-9-11-12-14-16-19-41-24-30-45(31-25-41)53-54-46-32-36-49(37-33-46)58-51(56)44-20-17-21-47(38-44)52-39-42-26-34-48(35-27-42)57-50(55)43-28-22-40(23-29-43)18-15-13-10-8-6-4-2/h17,20-39H,3-16,18-19H2,1-2H3. The Labute approximate surface area is 345 Å². The van der Waals surface area contributed by atoms with Crippen LogP contribution >= 0.6 is 0 Å². The van der Waals surface area contributed by atoms with Crippen molar-refractivity contribution in [2.24, 2.45) is 15.2 Å². The second kappa shape index (κ2) is 24.8. The van der Waals surface area contributed by atoms with Crippen molar-refractivity contribution < 1.29 is 19.1 Å². The fourth-order valence-corrected chi connectivity index (χ4v) is 6.62. The SMILES string of the molecule is CCCCCCCCCCc1ccc(N=Nc2ccc(OC(=O)c3cccc(N=Cc4ccc(OC(=O)c5ccc(CCCCCCCC)cc5)cc4)c3)cc2)cc1. The number of aryl methyl sites for hydroxylation is 2. The summed E-state index contributed by atoms with van der Waals surface area (Å²) in [4.78, 5) is 30.3. The van der Waals surface area contributed by atoms with Gasteiger partial charge < -0.3 is 9.47 Å². The highest BCUT2D eigenvalue weighted by Crippen LogP contribution is 2.24. The molecule has 5 aromatic carbocycles. The summed E-state index contributed by atoms with van der Waals surface area (Å²) in [6, 6.07) is 37.0.